The highest BCUT2D eigenvalue weighted by Gasteiger charge is 2.12. The molecule has 0 aliphatic rings. The zero-order chi connectivity index (χ0) is 13.2. The normalized spacial score (nSPS) is 11.3. The van der Waals surface area contributed by atoms with E-state index in [9.17, 15) is 0 Å². The summed E-state index contributed by atoms with van der Waals surface area (Å²) in [6, 6.07) is 8.09. The summed E-state index contributed by atoms with van der Waals surface area (Å²) in [4.78, 5) is 4.63. The van der Waals surface area contributed by atoms with Gasteiger partial charge in [0.2, 0.25) is 0 Å². The van der Waals surface area contributed by atoms with Crippen LogP contribution in [0.4, 0.5) is 0 Å². The van der Waals surface area contributed by atoms with E-state index >= 15 is 0 Å². The molecule has 19 heavy (non-hydrogen) atoms. The number of halogens is 1. The van der Waals surface area contributed by atoms with Crippen molar-refractivity contribution in [3.8, 4) is 0 Å². The molecule has 0 amide bonds. The van der Waals surface area contributed by atoms with Crippen molar-refractivity contribution in [2.45, 2.75) is 13.0 Å². The Bertz CT molecular complexity index is 700. The highest BCUT2D eigenvalue weighted by atomic mass is 35.5. The topological polar surface area (TPSA) is 48.5 Å². The van der Waals surface area contributed by atoms with Gasteiger partial charge in [-0.15, -0.1) is 21.8 Å². The number of aryl methyl sites for hydroxylation is 2. The number of para-hydroxylation sites is 2. The van der Waals surface area contributed by atoms with E-state index in [1.165, 1.54) is 0 Å². The van der Waals surface area contributed by atoms with Crippen LogP contribution in [0.25, 0.3) is 11.0 Å². The lowest BCUT2D eigenvalue weighted by Gasteiger charge is -2.07. The largest absolute Gasteiger partial charge is 0.320 e. The van der Waals surface area contributed by atoms with Crippen molar-refractivity contribution in [3.05, 3.63) is 42.2 Å². The van der Waals surface area contributed by atoms with E-state index in [0.29, 0.717) is 12.4 Å². The Kier molecular flexibility index (Phi) is 3.21. The van der Waals surface area contributed by atoms with Crippen LogP contribution in [0.2, 0.25) is 0 Å². The summed E-state index contributed by atoms with van der Waals surface area (Å²) in [7, 11) is 1.94. The molecule has 0 fully saturated rings. The molecule has 2 aromatic heterocycles. The predicted molar refractivity (Wildman–Crippen MR) is 74.3 cm³/mol. The van der Waals surface area contributed by atoms with Gasteiger partial charge in [-0.1, -0.05) is 12.1 Å². The first-order chi connectivity index (χ1) is 9.29. The minimum atomic E-state index is 0.558. The summed E-state index contributed by atoms with van der Waals surface area (Å²) in [5, 5.41) is 8.04. The van der Waals surface area contributed by atoms with E-state index in [0.717, 1.165) is 29.1 Å². The number of imidazole rings is 1. The van der Waals surface area contributed by atoms with Gasteiger partial charge < -0.3 is 9.13 Å². The van der Waals surface area contributed by atoms with E-state index in [1.54, 1.807) is 6.33 Å². The molecule has 3 rings (SSSR count). The van der Waals surface area contributed by atoms with Gasteiger partial charge in [-0.05, 0) is 12.1 Å². The minimum absolute atomic E-state index is 0.558. The monoisotopic (exact) mass is 275 g/mol. The first-order valence-electron chi connectivity index (χ1n) is 6.12. The van der Waals surface area contributed by atoms with E-state index in [2.05, 4.69) is 25.8 Å². The molecule has 0 unspecified atom stereocenters. The Balaban J connectivity index is 2.09. The van der Waals surface area contributed by atoms with Crippen molar-refractivity contribution in [1.82, 2.24) is 24.3 Å². The van der Waals surface area contributed by atoms with Crippen LogP contribution in [0.3, 0.4) is 0 Å². The number of nitrogens with zero attached hydrogens (tertiary/aromatic N) is 5. The summed E-state index contributed by atoms with van der Waals surface area (Å²) in [6.45, 7) is 0.656. The molecule has 0 radical (unpaired) electrons. The van der Waals surface area contributed by atoms with Crippen molar-refractivity contribution in [3.63, 3.8) is 0 Å². The Morgan fingerprint density at radius 2 is 2.05 bits per heavy atom. The number of rotatable bonds is 4. The SMILES string of the molecule is Cn1cnnc1Cn1c(CCCl)nc2ccccc21. The second-order valence-electron chi connectivity index (χ2n) is 4.40. The molecule has 1 aromatic carbocycles. The van der Waals surface area contributed by atoms with Gasteiger partial charge in [0, 0.05) is 19.3 Å². The Hall–Kier alpha value is -1.88. The first-order valence-corrected chi connectivity index (χ1v) is 6.66. The molecule has 5 nitrogen and oxygen atoms in total. The van der Waals surface area contributed by atoms with Gasteiger partial charge in [0.1, 0.15) is 12.2 Å². The number of benzene rings is 1. The molecule has 2 heterocycles. The first kappa shape index (κ1) is 12.2. The maximum absolute atomic E-state index is 5.86. The van der Waals surface area contributed by atoms with E-state index in [-0.39, 0.29) is 0 Å². The van der Waals surface area contributed by atoms with Crippen LogP contribution in [0.15, 0.2) is 30.6 Å². The molecule has 0 spiro atoms. The quantitative estimate of drug-likeness (QED) is 0.684. The van der Waals surface area contributed by atoms with Crippen molar-refractivity contribution < 1.29 is 0 Å². The van der Waals surface area contributed by atoms with Crippen LogP contribution in [0.5, 0.6) is 0 Å². The Morgan fingerprint density at radius 3 is 2.79 bits per heavy atom. The second kappa shape index (κ2) is 5.01. The average Bonchev–Trinajstić information content (AvgIpc) is 2.96. The van der Waals surface area contributed by atoms with Gasteiger partial charge in [0.25, 0.3) is 0 Å². The molecule has 0 bridgehead atoms. The maximum atomic E-state index is 5.86. The van der Waals surface area contributed by atoms with Gasteiger partial charge in [-0.25, -0.2) is 4.98 Å². The number of fused-ring (bicyclic) bond motifs is 1. The van der Waals surface area contributed by atoms with Gasteiger partial charge in [0.15, 0.2) is 5.82 Å². The van der Waals surface area contributed by atoms with Crippen LogP contribution >= 0.6 is 11.6 Å². The fraction of sp³-hybridized carbons (Fsp3) is 0.308. The molecule has 0 N–H and O–H groups in total. The highest BCUT2D eigenvalue weighted by Crippen LogP contribution is 2.17. The lowest BCUT2D eigenvalue weighted by Crippen LogP contribution is -2.09. The number of hydrogen-bond acceptors (Lipinski definition) is 3. The lowest BCUT2D eigenvalue weighted by atomic mass is 10.3. The fourth-order valence-electron chi connectivity index (χ4n) is 2.17. The van der Waals surface area contributed by atoms with Crippen LogP contribution in [-0.2, 0) is 20.0 Å². The van der Waals surface area contributed by atoms with Crippen LogP contribution in [0, 0.1) is 0 Å². The number of alkyl halides is 1. The second-order valence-corrected chi connectivity index (χ2v) is 4.78. The minimum Gasteiger partial charge on any atom is -0.320 e. The van der Waals surface area contributed by atoms with Gasteiger partial charge >= 0.3 is 0 Å². The fourth-order valence-corrected chi connectivity index (χ4v) is 2.34. The molecular weight excluding hydrogens is 262 g/mol. The van der Waals surface area contributed by atoms with E-state index < -0.39 is 0 Å². The standard InChI is InChI=1S/C13H14ClN5/c1-18-9-15-17-13(18)8-19-11-5-3-2-4-10(11)16-12(19)6-7-14/h2-5,9H,6-8H2,1H3. The molecule has 0 aliphatic carbocycles. The summed E-state index contributed by atoms with van der Waals surface area (Å²) >= 11 is 5.86. The summed E-state index contributed by atoms with van der Waals surface area (Å²) in [5.74, 6) is 2.44. The molecule has 0 saturated carbocycles. The summed E-state index contributed by atoms with van der Waals surface area (Å²) in [5.41, 5.74) is 2.09. The molecule has 6 heteroatoms. The highest BCUT2D eigenvalue weighted by molar-refractivity contribution is 6.17. The third-order valence-corrected chi connectivity index (χ3v) is 3.35. The van der Waals surface area contributed by atoms with E-state index in [1.807, 2.05) is 29.8 Å². The molecular formula is C13H14ClN5. The third kappa shape index (κ3) is 2.21. The van der Waals surface area contributed by atoms with Gasteiger partial charge in [-0.3, -0.25) is 0 Å². The summed E-state index contributed by atoms with van der Waals surface area (Å²) < 4.78 is 4.07. The molecule has 3 aromatic rings. The van der Waals surface area contributed by atoms with Crippen molar-refractivity contribution >= 4 is 22.6 Å². The smallest absolute Gasteiger partial charge is 0.152 e. The zero-order valence-electron chi connectivity index (χ0n) is 10.6. The van der Waals surface area contributed by atoms with Crippen molar-refractivity contribution in [2.75, 3.05) is 5.88 Å². The Morgan fingerprint density at radius 1 is 1.21 bits per heavy atom. The third-order valence-electron chi connectivity index (χ3n) is 3.16. The zero-order valence-corrected chi connectivity index (χ0v) is 11.4. The number of hydrogen-bond donors (Lipinski definition) is 0. The van der Waals surface area contributed by atoms with Gasteiger partial charge in [0.05, 0.1) is 17.6 Å². The summed E-state index contributed by atoms with van der Waals surface area (Å²) in [6.07, 6.45) is 2.45. The van der Waals surface area contributed by atoms with Crippen molar-refractivity contribution in [1.29, 1.82) is 0 Å². The van der Waals surface area contributed by atoms with Crippen molar-refractivity contribution in [2.24, 2.45) is 7.05 Å². The van der Waals surface area contributed by atoms with Gasteiger partial charge in [-0.2, -0.15) is 0 Å². The molecule has 0 atom stereocenters. The molecule has 98 valence electrons. The number of aromatic nitrogens is 5. The van der Waals surface area contributed by atoms with Crippen LogP contribution < -0.4 is 0 Å². The van der Waals surface area contributed by atoms with Crippen LogP contribution in [0.1, 0.15) is 11.6 Å². The maximum Gasteiger partial charge on any atom is 0.152 e. The van der Waals surface area contributed by atoms with E-state index in [4.69, 9.17) is 11.6 Å². The molecule has 0 saturated heterocycles. The molecule has 0 aliphatic heterocycles. The predicted octanol–water partition coefficient (Wildman–Crippen LogP) is 1.99. The average molecular weight is 276 g/mol. The Labute approximate surface area is 115 Å². The lowest BCUT2D eigenvalue weighted by molar-refractivity contribution is 0.680. The van der Waals surface area contributed by atoms with Crippen LogP contribution in [-0.4, -0.2) is 30.2 Å².